The molecule has 67 heavy (non-hydrogen) atoms. The molecule has 14 N–H and O–H groups in total. The Morgan fingerprint density at radius 1 is 0.448 bits per heavy atom. The molecule has 0 bridgehead atoms. The summed E-state index contributed by atoms with van der Waals surface area (Å²) in [6, 6.07) is -6.70. The molecule has 29 heteroatoms. The van der Waals surface area contributed by atoms with Crippen LogP contribution in [0.15, 0.2) is 0 Å². The molecule has 0 aromatic rings. The molecular formula is C38H62N4O25. The van der Waals surface area contributed by atoms with Crippen molar-refractivity contribution >= 4 is 35.6 Å². The summed E-state index contributed by atoms with van der Waals surface area (Å²) in [4.78, 5) is 75.4. The standard InChI is InChI=1S/C38H62N4O25/c1-11(47)33(56)63-31-23(41-15(5)51)37(60-17(7-43)25(31)53)66-29-19(9-45)61-36(22(27(29)55)40-14(4)50)67-30-20(10-46)62-38(24(42-16(6)52)32(30)64-34(57)12(2)48)65-28-18(8-44)59-35(58)21(26(28)54)39-13(3)49/h11-12,17-32,35-38,43-48,53-55,58H,7-10H2,1-6H3,(H,39,49)(H,40,50)(H,41,51)(H,42,52)/t11-,12-,17-,18-,19-,20-,21-,22-,23-,24-,25-,26-,27-,28-,29-,30-,31-,32-,35?,36+,37+,38+/m1/s1. The van der Waals surface area contributed by atoms with E-state index >= 15 is 0 Å². The summed E-state index contributed by atoms with van der Waals surface area (Å²) < 4.78 is 52.3. The summed E-state index contributed by atoms with van der Waals surface area (Å²) in [6.45, 7) is 2.33. The van der Waals surface area contributed by atoms with Crippen LogP contribution >= 0.6 is 0 Å². The predicted octanol–water partition coefficient (Wildman–Crippen LogP) is -9.31. The van der Waals surface area contributed by atoms with Crippen molar-refractivity contribution in [2.45, 2.75) is 176 Å². The van der Waals surface area contributed by atoms with Crippen LogP contribution in [0.4, 0.5) is 0 Å². The number of rotatable bonds is 18. The number of amides is 4. The molecule has 1 unspecified atom stereocenters. The van der Waals surface area contributed by atoms with E-state index in [1.54, 1.807) is 0 Å². The molecule has 4 rings (SSSR count). The molecule has 4 saturated heterocycles. The number of hydrogen-bond donors (Lipinski definition) is 14. The average molecular weight is 975 g/mol. The quantitative estimate of drug-likeness (QED) is 0.0567. The van der Waals surface area contributed by atoms with E-state index in [0.29, 0.717) is 0 Å². The number of aliphatic hydroxyl groups is 10. The Kier molecular flexibility index (Phi) is 20.5. The van der Waals surface area contributed by atoms with Gasteiger partial charge in [0.2, 0.25) is 23.6 Å². The van der Waals surface area contributed by atoms with Gasteiger partial charge < -0.3 is 115 Å². The van der Waals surface area contributed by atoms with Crippen LogP contribution in [0.1, 0.15) is 41.5 Å². The predicted molar refractivity (Wildman–Crippen MR) is 211 cm³/mol. The van der Waals surface area contributed by atoms with Gasteiger partial charge in [-0.1, -0.05) is 0 Å². The van der Waals surface area contributed by atoms with Gasteiger partial charge >= 0.3 is 11.9 Å². The molecule has 29 nitrogen and oxygen atoms in total. The van der Waals surface area contributed by atoms with Crippen molar-refractivity contribution in [2.24, 2.45) is 0 Å². The Bertz CT molecular complexity index is 1700. The number of carbonyl (C=O) groups excluding carboxylic acids is 6. The van der Waals surface area contributed by atoms with Crippen molar-refractivity contribution in [2.75, 3.05) is 26.4 Å². The summed E-state index contributed by atoms with van der Waals surface area (Å²) in [5.74, 6) is -5.78. The van der Waals surface area contributed by atoms with E-state index in [9.17, 15) is 79.8 Å². The molecule has 4 heterocycles. The van der Waals surface area contributed by atoms with E-state index in [1.807, 2.05) is 0 Å². The minimum absolute atomic E-state index is 0.714. The lowest BCUT2D eigenvalue weighted by Crippen LogP contribution is -2.72. The van der Waals surface area contributed by atoms with Crippen molar-refractivity contribution in [3.8, 4) is 0 Å². The molecule has 0 saturated carbocycles. The van der Waals surface area contributed by atoms with Crippen LogP contribution in [0.3, 0.4) is 0 Å². The van der Waals surface area contributed by atoms with Gasteiger partial charge in [0.15, 0.2) is 37.4 Å². The third-order valence-electron chi connectivity index (χ3n) is 10.9. The second-order valence-corrected chi connectivity index (χ2v) is 16.3. The summed E-state index contributed by atoms with van der Waals surface area (Å²) in [6.07, 6.45) is -32.5. The Balaban J connectivity index is 1.74. The van der Waals surface area contributed by atoms with Crippen LogP contribution in [0.25, 0.3) is 0 Å². The number of carbonyl (C=O) groups is 6. The van der Waals surface area contributed by atoms with E-state index in [0.717, 1.165) is 41.5 Å². The number of ether oxygens (including phenoxy) is 9. The lowest BCUT2D eigenvalue weighted by Gasteiger charge is -2.51. The fraction of sp³-hybridized carbons (Fsp3) is 0.842. The molecule has 0 aromatic heterocycles. The Labute approximate surface area is 381 Å². The lowest BCUT2D eigenvalue weighted by atomic mass is 9.93. The Hall–Kier alpha value is -3.86. The SMILES string of the molecule is CC(=O)N[C@H]1[C@H](O[C@H]2[C@H](OC(=O)[C@@H](C)O)[C@@H](NC(C)=O)[C@H](O[C@H]3[C@H](O)[C@@H](NC(C)=O)C(O)O[C@@H]3CO)O[C@@H]2CO)O[C@H](CO)[C@@H](O[C@@H]2O[C@H](CO)[C@@H](O)[C@H](OC(=O)[C@@H](C)O)[C@H]2NC(C)=O)[C@@H]1O. The largest absolute Gasteiger partial charge is 0.455 e. The second-order valence-electron chi connectivity index (χ2n) is 16.3. The first kappa shape index (κ1) is 55.7. The van der Waals surface area contributed by atoms with Crippen LogP contribution in [0.2, 0.25) is 0 Å². The van der Waals surface area contributed by atoms with Gasteiger partial charge in [0.05, 0.1) is 26.4 Å². The normalized spacial score (nSPS) is 39.8. The topological polar surface area (TPSA) is 436 Å². The molecule has 0 aliphatic carbocycles. The second kappa shape index (κ2) is 24.6. The van der Waals surface area contributed by atoms with Crippen molar-refractivity contribution < 1.29 is 122 Å². The molecule has 0 aromatic carbocycles. The first-order chi connectivity index (χ1) is 31.5. The minimum atomic E-state index is -2.04. The molecular weight excluding hydrogens is 912 g/mol. The third-order valence-corrected chi connectivity index (χ3v) is 10.9. The summed E-state index contributed by atoms with van der Waals surface area (Å²) in [5, 5.41) is 116. The van der Waals surface area contributed by atoms with Gasteiger partial charge in [0, 0.05) is 27.7 Å². The highest BCUT2D eigenvalue weighted by atomic mass is 16.8. The highest BCUT2D eigenvalue weighted by Crippen LogP contribution is 2.36. The van der Waals surface area contributed by atoms with Gasteiger partial charge in [-0.3, -0.25) is 19.2 Å². The molecule has 4 amide bonds. The van der Waals surface area contributed by atoms with Crippen LogP contribution in [0.5, 0.6) is 0 Å². The van der Waals surface area contributed by atoms with Gasteiger partial charge in [-0.15, -0.1) is 0 Å². The van der Waals surface area contributed by atoms with Crippen molar-refractivity contribution in [1.82, 2.24) is 21.3 Å². The molecule has 4 fully saturated rings. The summed E-state index contributed by atoms with van der Waals surface area (Å²) >= 11 is 0. The summed E-state index contributed by atoms with van der Waals surface area (Å²) in [7, 11) is 0. The molecule has 22 atom stereocenters. The van der Waals surface area contributed by atoms with E-state index < -0.39 is 197 Å². The molecule has 384 valence electrons. The highest BCUT2D eigenvalue weighted by Gasteiger charge is 2.58. The van der Waals surface area contributed by atoms with Gasteiger partial charge in [0.25, 0.3) is 0 Å². The van der Waals surface area contributed by atoms with Crippen molar-refractivity contribution in [1.29, 1.82) is 0 Å². The van der Waals surface area contributed by atoms with Gasteiger partial charge in [-0.2, -0.15) is 0 Å². The zero-order valence-corrected chi connectivity index (χ0v) is 37.1. The van der Waals surface area contributed by atoms with Crippen LogP contribution in [-0.4, -0.2) is 248 Å². The molecule has 0 radical (unpaired) electrons. The third kappa shape index (κ3) is 13.7. The number of aliphatic hydroxyl groups excluding tert-OH is 10. The zero-order valence-electron chi connectivity index (χ0n) is 37.1. The van der Waals surface area contributed by atoms with E-state index in [1.165, 1.54) is 0 Å². The number of hydrogen-bond acceptors (Lipinski definition) is 25. The van der Waals surface area contributed by atoms with E-state index in [-0.39, 0.29) is 0 Å². The first-order valence-electron chi connectivity index (χ1n) is 21.1. The number of nitrogens with one attached hydrogen (secondary N) is 4. The Morgan fingerprint density at radius 2 is 0.776 bits per heavy atom. The number of esters is 2. The van der Waals surface area contributed by atoms with E-state index in [4.69, 9.17) is 42.6 Å². The minimum Gasteiger partial charge on any atom is -0.455 e. The van der Waals surface area contributed by atoms with Crippen LogP contribution < -0.4 is 21.3 Å². The van der Waals surface area contributed by atoms with Crippen molar-refractivity contribution in [3.05, 3.63) is 0 Å². The maximum atomic E-state index is 13.1. The fourth-order valence-electron chi connectivity index (χ4n) is 7.88. The molecule has 4 aliphatic heterocycles. The highest BCUT2D eigenvalue weighted by molar-refractivity contribution is 5.76. The monoisotopic (exact) mass is 974 g/mol. The van der Waals surface area contributed by atoms with Gasteiger partial charge in [0.1, 0.15) is 97.4 Å². The fourth-order valence-corrected chi connectivity index (χ4v) is 7.88. The average Bonchev–Trinajstić information content (AvgIpc) is 3.25. The van der Waals surface area contributed by atoms with E-state index in [2.05, 4.69) is 21.3 Å². The summed E-state index contributed by atoms with van der Waals surface area (Å²) in [5.41, 5.74) is 0. The van der Waals surface area contributed by atoms with Crippen LogP contribution in [0, 0.1) is 0 Å². The molecule has 4 aliphatic rings. The molecule has 0 spiro atoms. The van der Waals surface area contributed by atoms with Gasteiger partial charge in [-0.25, -0.2) is 9.59 Å². The Morgan fingerprint density at radius 3 is 1.21 bits per heavy atom. The first-order valence-corrected chi connectivity index (χ1v) is 21.1. The maximum Gasteiger partial charge on any atom is 0.335 e. The van der Waals surface area contributed by atoms with Crippen molar-refractivity contribution in [3.63, 3.8) is 0 Å². The maximum absolute atomic E-state index is 13.1. The smallest absolute Gasteiger partial charge is 0.335 e. The van der Waals surface area contributed by atoms with Crippen LogP contribution in [-0.2, 0) is 71.4 Å². The zero-order chi connectivity index (χ0) is 50.2. The van der Waals surface area contributed by atoms with Gasteiger partial charge in [-0.05, 0) is 13.8 Å². The lowest BCUT2D eigenvalue weighted by molar-refractivity contribution is -0.362.